The summed E-state index contributed by atoms with van der Waals surface area (Å²) in [4.78, 5) is 14.6. The van der Waals surface area contributed by atoms with Gasteiger partial charge in [-0.2, -0.15) is 5.10 Å². The Morgan fingerprint density at radius 2 is 2.29 bits per heavy atom. The van der Waals surface area contributed by atoms with Gasteiger partial charge in [0.2, 0.25) is 5.91 Å². The summed E-state index contributed by atoms with van der Waals surface area (Å²) in [5.74, 6) is 0.312. The van der Waals surface area contributed by atoms with Crippen molar-refractivity contribution in [3.63, 3.8) is 0 Å². The third kappa shape index (κ3) is 3.36. The fourth-order valence-corrected chi connectivity index (χ4v) is 3.74. The van der Waals surface area contributed by atoms with Crippen LogP contribution in [0, 0.1) is 5.41 Å². The van der Waals surface area contributed by atoms with Crippen molar-refractivity contribution in [1.82, 2.24) is 14.7 Å². The van der Waals surface area contributed by atoms with E-state index in [2.05, 4.69) is 22.2 Å². The number of aryl methyl sites for hydroxylation is 2. The smallest absolute Gasteiger partial charge is 0.222 e. The van der Waals surface area contributed by atoms with Gasteiger partial charge in [-0.15, -0.1) is 0 Å². The van der Waals surface area contributed by atoms with Crippen LogP contribution in [-0.4, -0.2) is 33.7 Å². The molecule has 1 aliphatic heterocycles. The number of piperidine rings is 1. The molecule has 0 aromatic carbocycles. The maximum Gasteiger partial charge on any atom is 0.222 e. The lowest BCUT2D eigenvalue weighted by Gasteiger charge is -2.44. The normalized spacial score (nSPS) is 25.5. The molecule has 1 amide bonds. The fourth-order valence-electron chi connectivity index (χ4n) is 3.74. The second-order valence-electron chi connectivity index (χ2n) is 6.66. The molecule has 4 heteroatoms. The molecule has 4 nitrogen and oxygen atoms in total. The summed E-state index contributed by atoms with van der Waals surface area (Å²) in [5, 5.41) is 4.16. The van der Waals surface area contributed by atoms with Crippen LogP contribution in [0.15, 0.2) is 24.5 Å². The number of amides is 1. The van der Waals surface area contributed by atoms with E-state index in [0.29, 0.717) is 17.7 Å². The molecule has 3 rings (SSSR count). The highest BCUT2D eigenvalue weighted by molar-refractivity contribution is 5.76. The van der Waals surface area contributed by atoms with Crippen molar-refractivity contribution in [3.8, 4) is 0 Å². The van der Waals surface area contributed by atoms with Gasteiger partial charge in [0.05, 0.1) is 6.20 Å². The summed E-state index contributed by atoms with van der Waals surface area (Å²) in [5.41, 5.74) is 1.52. The zero-order valence-electron chi connectivity index (χ0n) is 12.9. The quantitative estimate of drug-likeness (QED) is 0.802. The third-order valence-electron chi connectivity index (χ3n) is 4.96. The summed E-state index contributed by atoms with van der Waals surface area (Å²) < 4.78 is 1.80. The molecule has 0 bridgehead atoms. The van der Waals surface area contributed by atoms with Gasteiger partial charge in [-0.25, -0.2) is 0 Å². The van der Waals surface area contributed by atoms with E-state index in [1.54, 1.807) is 4.68 Å². The molecule has 0 saturated carbocycles. The number of hydrogen-bond acceptors (Lipinski definition) is 2. The molecule has 2 aliphatic rings. The first kappa shape index (κ1) is 14.4. The standard InChI is InChI=1S/C17H25N3O/c1-19-13-15(12-18-19)6-7-16(21)20-11-5-10-17(14-20)8-3-2-4-9-17/h2-3,12-13H,4-11,14H2,1H3. The molecule has 21 heavy (non-hydrogen) atoms. The predicted octanol–water partition coefficient (Wildman–Crippen LogP) is 2.70. The van der Waals surface area contributed by atoms with Gasteiger partial charge in [-0.1, -0.05) is 12.2 Å². The van der Waals surface area contributed by atoms with Gasteiger partial charge in [0, 0.05) is 32.8 Å². The average Bonchev–Trinajstić information content (AvgIpc) is 2.91. The first-order valence-electron chi connectivity index (χ1n) is 8.07. The van der Waals surface area contributed by atoms with Crippen molar-refractivity contribution in [2.24, 2.45) is 12.5 Å². The van der Waals surface area contributed by atoms with Crippen LogP contribution in [0.5, 0.6) is 0 Å². The van der Waals surface area contributed by atoms with Crippen LogP contribution in [0.4, 0.5) is 0 Å². The van der Waals surface area contributed by atoms with Gasteiger partial charge in [0.15, 0.2) is 0 Å². The molecule has 1 aromatic heterocycles. The molecule has 1 fully saturated rings. The van der Waals surface area contributed by atoms with Crippen LogP contribution < -0.4 is 0 Å². The molecule has 1 unspecified atom stereocenters. The van der Waals surface area contributed by atoms with Crippen molar-refractivity contribution in [3.05, 3.63) is 30.1 Å². The zero-order chi connectivity index (χ0) is 14.7. The Kier molecular flexibility index (Phi) is 4.13. The maximum atomic E-state index is 12.5. The Morgan fingerprint density at radius 1 is 1.38 bits per heavy atom. The minimum absolute atomic E-state index is 0.312. The SMILES string of the molecule is Cn1cc(CCC(=O)N2CCCC3(CC=CCC3)C2)cn1. The van der Waals surface area contributed by atoms with Crippen LogP contribution in [0.25, 0.3) is 0 Å². The molecule has 1 aromatic rings. The lowest BCUT2D eigenvalue weighted by Crippen LogP contribution is -2.46. The van der Waals surface area contributed by atoms with Crippen molar-refractivity contribution in [2.45, 2.75) is 44.9 Å². The summed E-state index contributed by atoms with van der Waals surface area (Å²) in [6, 6.07) is 0. The predicted molar refractivity (Wildman–Crippen MR) is 82.8 cm³/mol. The molecule has 2 heterocycles. The summed E-state index contributed by atoms with van der Waals surface area (Å²) in [6.45, 7) is 1.90. The topological polar surface area (TPSA) is 38.1 Å². The van der Waals surface area contributed by atoms with Crippen LogP contribution >= 0.6 is 0 Å². The van der Waals surface area contributed by atoms with Crippen LogP contribution in [0.1, 0.15) is 44.1 Å². The molecule has 1 aliphatic carbocycles. The highest BCUT2D eigenvalue weighted by Crippen LogP contribution is 2.40. The summed E-state index contributed by atoms with van der Waals surface area (Å²) in [7, 11) is 1.91. The second kappa shape index (κ2) is 6.04. The van der Waals surface area contributed by atoms with Crippen molar-refractivity contribution >= 4 is 5.91 Å². The van der Waals surface area contributed by atoms with Gasteiger partial charge in [0.25, 0.3) is 0 Å². The van der Waals surface area contributed by atoms with Crippen LogP contribution in [-0.2, 0) is 18.3 Å². The van der Waals surface area contributed by atoms with Crippen molar-refractivity contribution in [2.75, 3.05) is 13.1 Å². The maximum absolute atomic E-state index is 12.5. The van der Waals surface area contributed by atoms with E-state index in [-0.39, 0.29) is 0 Å². The third-order valence-corrected chi connectivity index (χ3v) is 4.96. The number of rotatable bonds is 3. The average molecular weight is 287 g/mol. The van der Waals surface area contributed by atoms with E-state index in [4.69, 9.17) is 0 Å². The van der Waals surface area contributed by atoms with E-state index in [0.717, 1.165) is 37.9 Å². The number of aromatic nitrogens is 2. The number of allylic oxidation sites excluding steroid dienone is 2. The highest BCUT2D eigenvalue weighted by atomic mass is 16.2. The Labute approximate surface area is 126 Å². The second-order valence-corrected chi connectivity index (χ2v) is 6.66. The molecular weight excluding hydrogens is 262 g/mol. The number of hydrogen-bond donors (Lipinski definition) is 0. The highest BCUT2D eigenvalue weighted by Gasteiger charge is 2.36. The Hall–Kier alpha value is -1.58. The largest absolute Gasteiger partial charge is 0.342 e. The Bertz CT molecular complexity index is 534. The van der Waals surface area contributed by atoms with Gasteiger partial charge < -0.3 is 4.90 Å². The van der Waals surface area contributed by atoms with Crippen molar-refractivity contribution < 1.29 is 4.79 Å². The van der Waals surface area contributed by atoms with E-state index < -0.39 is 0 Å². The van der Waals surface area contributed by atoms with Gasteiger partial charge in [-0.3, -0.25) is 9.48 Å². The molecule has 1 spiro atoms. The number of likely N-dealkylation sites (tertiary alicyclic amines) is 1. The lowest BCUT2D eigenvalue weighted by molar-refractivity contribution is -0.134. The number of carbonyl (C=O) groups excluding carboxylic acids is 1. The van der Waals surface area contributed by atoms with Gasteiger partial charge in [-0.05, 0) is 49.5 Å². The first-order chi connectivity index (χ1) is 10.2. The monoisotopic (exact) mass is 287 g/mol. The molecule has 0 N–H and O–H groups in total. The molecular formula is C17H25N3O. The number of nitrogens with zero attached hydrogens (tertiary/aromatic N) is 3. The summed E-state index contributed by atoms with van der Waals surface area (Å²) >= 11 is 0. The van der Waals surface area contributed by atoms with E-state index >= 15 is 0 Å². The minimum atomic E-state index is 0.312. The molecule has 0 radical (unpaired) electrons. The van der Waals surface area contributed by atoms with Crippen LogP contribution in [0.3, 0.4) is 0 Å². The van der Waals surface area contributed by atoms with Gasteiger partial charge >= 0.3 is 0 Å². The Balaban J connectivity index is 1.55. The van der Waals surface area contributed by atoms with Crippen molar-refractivity contribution in [1.29, 1.82) is 0 Å². The summed E-state index contributed by atoms with van der Waals surface area (Å²) in [6.07, 6.45) is 15.9. The van der Waals surface area contributed by atoms with Crippen LogP contribution in [0.2, 0.25) is 0 Å². The zero-order valence-corrected chi connectivity index (χ0v) is 12.9. The Morgan fingerprint density at radius 3 is 3.00 bits per heavy atom. The van der Waals surface area contributed by atoms with E-state index in [1.807, 2.05) is 19.4 Å². The molecule has 1 saturated heterocycles. The molecule has 1 atom stereocenters. The van der Waals surface area contributed by atoms with E-state index in [9.17, 15) is 4.79 Å². The van der Waals surface area contributed by atoms with E-state index in [1.165, 1.54) is 19.3 Å². The lowest BCUT2D eigenvalue weighted by atomic mass is 9.71. The van der Waals surface area contributed by atoms with Gasteiger partial charge in [0.1, 0.15) is 0 Å². The number of carbonyl (C=O) groups is 1. The molecule has 114 valence electrons. The minimum Gasteiger partial charge on any atom is -0.342 e. The fraction of sp³-hybridized carbons (Fsp3) is 0.647. The first-order valence-corrected chi connectivity index (χ1v) is 8.07.